The summed E-state index contributed by atoms with van der Waals surface area (Å²) in [5, 5.41) is 6.94. The highest BCUT2D eigenvalue weighted by molar-refractivity contribution is 5.50. The van der Waals surface area contributed by atoms with Gasteiger partial charge in [0.1, 0.15) is 17.6 Å². The number of hydrogen-bond donors (Lipinski definition) is 1. The van der Waals surface area contributed by atoms with Gasteiger partial charge in [0.05, 0.1) is 6.04 Å². The van der Waals surface area contributed by atoms with Crippen LogP contribution in [-0.2, 0) is 0 Å². The lowest BCUT2D eigenvalue weighted by atomic mass is 10.2. The number of alkyl halides is 1. The van der Waals surface area contributed by atoms with E-state index in [1.165, 1.54) is 0 Å². The molecule has 0 bridgehead atoms. The number of nitrogens with one attached hydrogen (secondary N) is 1. The van der Waals surface area contributed by atoms with Crippen molar-refractivity contribution in [2.75, 3.05) is 6.54 Å². The Morgan fingerprint density at radius 1 is 1.16 bits per heavy atom. The van der Waals surface area contributed by atoms with Gasteiger partial charge in [0.15, 0.2) is 0 Å². The molecular formula is C18H14FN5O. The fourth-order valence-corrected chi connectivity index (χ4v) is 2.53. The maximum Gasteiger partial charge on any atom is 0.244 e. The quantitative estimate of drug-likeness (QED) is 0.724. The van der Waals surface area contributed by atoms with E-state index < -0.39 is 6.17 Å². The van der Waals surface area contributed by atoms with Crippen molar-refractivity contribution in [3.05, 3.63) is 59.9 Å². The standard InChI is InChI=1S/C18H14FN5O/c19-13-9-16(22-11-13)18-23-17(24-25-18)15-7-5-12(10-21-15)4-6-14-3-1-2-8-20-14/h1-3,5,7-8,10,13,16,22H,9,11H2. The van der Waals surface area contributed by atoms with Gasteiger partial charge in [-0.2, -0.15) is 4.98 Å². The average molecular weight is 335 g/mol. The lowest BCUT2D eigenvalue weighted by Crippen LogP contribution is -2.14. The van der Waals surface area contributed by atoms with E-state index in [1.54, 1.807) is 18.5 Å². The fraction of sp³-hybridized carbons (Fsp3) is 0.222. The SMILES string of the molecule is FC1CNC(c2nc(-c3ccc(C#Cc4ccccn4)cn3)no2)C1. The van der Waals surface area contributed by atoms with E-state index in [-0.39, 0.29) is 6.04 Å². The molecule has 0 spiro atoms. The van der Waals surface area contributed by atoms with Gasteiger partial charge in [-0.05, 0) is 30.2 Å². The molecule has 0 aliphatic carbocycles. The Morgan fingerprint density at radius 3 is 2.84 bits per heavy atom. The van der Waals surface area contributed by atoms with Crippen LogP contribution in [0.3, 0.4) is 0 Å². The topological polar surface area (TPSA) is 76.7 Å². The van der Waals surface area contributed by atoms with Crippen LogP contribution in [0.15, 0.2) is 47.2 Å². The van der Waals surface area contributed by atoms with E-state index in [9.17, 15) is 4.39 Å². The number of aromatic nitrogens is 4. The highest BCUT2D eigenvalue weighted by Crippen LogP contribution is 2.25. The molecule has 3 aromatic rings. The molecule has 25 heavy (non-hydrogen) atoms. The summed E-state index contributed by atoms with van der Waals surface area (Å²) in [5.74, 6) is 6.74. The van der Waals surface area contributed by atoms with Crippen LogP contribution in [0.1, 0.15) is 29.6 Å². The zero-order valence-corrected chi connectivity index (χ0v) is 13.2. The molecular weight excluding hydrogens is 321 g/mol. The zero-order chi connectivity index (χ0) is 17.1. The third-order valence-electron chi connectivity index (χ3n) is 3.81. The minimum Gasteiger partial charge on any atom is -0.337 e. The van der Waals surface area contributed by atoms with E-state index in [0.29, 0.717) is 36.1 Å². The Hall–Kier alpha value is -3.11. The molecule has 7 heteroatoms. The molecule has 4 heterocycles. The molecule has 3 aromatic heterocycles. The molecule has 1 fully saturated rings. The van der Waals surface area contributed by atoms with Crippen molar-refractivity contribution in [2.24, 2.45) is 0 Å². The monoisotopic (exact) mass is 335 g/mol. The highest BCUT2D eigenvalue weighted by Gasteiger charge is 2.29. The molecule has 4 rings (SSSR count). The molecule has 2 unspecified atom stereocenters. The van der Waals surface area contributed by atoms with Crippen molar-refractivity contribution in [1.29, 1.82) is 0 Å². The summed E-state index contributed by atoms with van der Waals surface area (Å²) in [4.78, 5) is 12.8. The van der Waals surface area contributed by atoms with Crippen LogP contribution in [0.4, 0.5) is 4.39 Å². The van der Waals surface area contributed by atoms with Crippen molar-refractivity contribution in [3.63, 3.8) is 0 Å². The van der Waals surface area contributed by atoms with E-state index in [2.05, 4.69) is 37.3 Å². The van der Waals surface area contributed by atoms with Gasteiger partial charge in [-0.15, -0.1) is 0 Å². The number of nitrogens with zero attached hydrogens (tertiary/aromatic N) is 4. The van der Waals surface area contributed by atoms with Gasteiger partial charge in [0.2, 0.25) is 11.7 Å². The van der Waals surface area contributed by atoms with Crippen molar-refractivity contribution in [3.8, 4) is 23.4 Å². The maximum atomic E-state index is 13.2. The lowest BCUT2D eigenvalue weighted by molar-refractivity contribution is 0.324. The molecule has 6 nitrogen and oxygen atoms in total. The van der Waals surface area contributed by atoms with Crippen molar-refractivity contribution < 1.29 is 8.91 Å². The normalized spacial score (nSPS) is 19.4. The summed E-state index contributed by atoms with van der Waals surface area (Å²) in [7, 11) is 0. The highest BCUT2D eigenvalue weighted by atomic mass is 19.1. The van der Waals surface area contributed by atoms with Gasteiger partial charge in [-0.3, -0.25) is 4.98 Å². The van der Waals surface area contributed by atoms with E-state index in [4.69, 9.17) is 4.52 Å². The van der Waals surface area contributed by atoms with E-state index in [1.807, 2.05) is 24.3 Å². The largest absolute Gasteiger partial charge is 0.337 e. The van der Waals surface area contributed by atoms with Crippen LogP contribution >= 0.6 is 0 Å². The van der Waals surface area contributed by atoms with E-state index >= 15 is 0 Å². The van der Waals surface area contributed by atoms with Gasteiger partial charge in [0, 0.05) is 30.9 Å². The first-order valence-corrected chi connectivity index (χ1v) is 7.88. The van der Waals surface area contributed by atoms with Gasteiger partial charge >= 0.3 is 0 Å². The Morgan fingerprint density at radius 2 is 2.12 bits per heavy atom. The molecule has 1 saturated heterocycles. The predicted octanol–water partition coefficient (Wildman–Crippen LogP) is 2.30. The minimum atomic E-state index is -0.879. The minimum absolute atomic E-state index is 0.236. The first-order valence-electron chi connectivity index (χ1n) is 7.88. The lowest BCUT2D eigenvalue weighted by Gasteiger charge is -2.01. The number of hydrogen-bond acceptors (Lipinski definition) is 6. The summed E-state index contributed by atoms with van der Waals surface area (Å²) in [6.07, 6.45) is 2.81. The predicted molar refractivity (Wildman–Crippen MR) is 88.0 cm³/mol. The first-order chi connectivity index (χ1) is 12.3. The Kier molecular flexibility index (Phi) is 4.19. The van der Waals surface area contributed by atoms with Crippen molar-refractivity contribution >= 4 is 0 Å². The second-order valence-electron chi connectivity index (χ2n) is 5.65. The molecule has 2 atom stereocenters. The van der Waals surface area contributed by atoms with Gasteiger partial charge in [-0.25, -0.2) is 9.37 Å². The molecule has 124 valence electrons. The summed E-state index contributed by atoms with van der Waals surface area (Å²) < 4.78 is 18.5. The number of halogens is 1. The Balaban J connectivity index is 1.49. The smallest absolute Gasteiger partial charge is 0.244 e. The van der Waals surface area contributed by atoms with Crippen LogP contribution in [0.25, 0.3) is 11.5 Å². The third-order valence-corrected chi connectivity index (χ3v) is 3.81. The number of pyridine rings is 2. The van der Waals surface area contributed by atoms with Gasteiger partial charge in [0.25, 0.3) is 0 Å². The molecule has 0 saturated carbocycles. The summed E-state index contributed by atoms with van der Waals surface area (Å²) in [6.45, 7) is 0.310. The summed E-state index contributed by atoms with van der Waals surface area (Å²) in [6, 6.07) is 8.94. The summed E-state index contributed by atoms with van der Waals surface area (Å²) in [5.41, 5.74) is 2.04. The molecule has 1 aliphatic heterocycles. The average Bonchev–Trinajstić information content (AvgIpc) is 3.30. The third kappa shape index (κ3) is 3.54. The maximum absolute atomic E-state index is 13.2. The van der Waals surface area contributed by atoms with Crippen LogP contribution in [-0.4, -0.2) is 32.8 Å². The first kappa shape index (κ1) is 15.4. The molecule has 0 amide bonds. The molecule has 0 radical (unpaired) electrons. The van der Waals surface area contributed by atoms with Crippen molar-refractivity contribution in [1.82, 2.24) is 25.4 Å². The van der Waals surface area contributed by atoms with Crippen LogP contribution in [0, 0.1) is 11.8 Å². The second-order valence-corrected chi connectivity index (χ2v) is 5.65. The van der Waals surface area contributed by atoms with E-state index in [0.717, 1.165) is 5.56 Å². The Labute approximate surface area is 143 Å². The zero-order valence-electron chi connectivity index (χ0n) is 13.2. The van der Waals surface area contributed by atoms with Crippen LogP contribution in [0.5, 0.6) is 0 Å². The van der Waals surface area contributed by atoms with Crippen molar-refractivity contribution in [2.45, 2.75) is 18.6 Å². The van der Waals surface area contributed by atoms with Crippen LogP contribution in [0.2, 0.25) is 0 Å². The van der Waals surface area contributed by atoms with Crippen LogP contribution < -0.4 is 5.32 Å². The number of rotatable bonds is 2. The summed E-state index contributed by atoms with van der Waals surface area (Å²) >= 11 is 0. The molecule has 1 N–H and O–H groups in total. The van der Waals surface area contributed by atoms with Gasteiger partial charge < -0.3 is 9.84 Å². The molecule has 1 aliphatic rings. The van der Waals surface area contributed by atoms with Gasteiger partial charge in [-0.1, -0.05) is 17.1 Å². The fourth-order valence-electron chi connectivity index (χ4n) is 2.53. The molecule has 0 aromatic carbocycles. The second kappa shape index (κ2) is 6.79. The Bertz CT molecular complexity index is 914.